The summed E-state index contributed by atoms with van der Waals surface area (Å²) in [6.45, 7) is 0.266. The van der Waals surface area contributed by atoms with Crippen LogP contribution in [0, 0.1) is 5.82 Å². The van der Waals surface area contributed by atoms with Crippen molar-refractivity contribution < 1.29 is 13.2 Å². The molecule has 3 nitrogen and oxygen atoms in total. The molecule has 3 rings (SSSR count). The quantitative estimate of drug-likeness (QED) is 0.888. The summed E-state index contributed by atoms with van der Waals surface area (Å²) in [6.07, 6.45) is 2.44. The number of rotatable bonds is 2. The summed E-state index contributed by atoms with van der Waals surface area (Å²) >= 11 is 5.71. The highest BCUT2D eigenvalue weighted by Gasteiger charge is 2.57. The maximum Gasteiger partial charge on any atom is 0.252 e. The van der Waals surface area contributed by atoms with Crippen molar-refractivity contribution in [1.82, 2.24) is 0 Å². The van der Waals surface area contributed by atoms with E-state index in [9.17, 15) is 13.2 Å². The zero-order chi connectivity index (χ0) is 16.0. The van der Waals surface area contributed by atoms with Gasteiger partial charge in [-0.15, -0.1) is 0 Å². The summed E-state index contributed by atoms with van der Waals surface area (Å²) in [7, 11) is 0. The van der Waals surface area contributed by atoms with E-state index in [1.165, 1.54) is 30.5 Å². The molecular weight excluding hydrogens is 315 g/mol. The van der Waals surface area contributed by atoms with Gasteiger partial charge in [0.2, 0.25) is 0 Å². The number of benzene rings is 1. The molecule has 2 aliphatic rings. The smallest absolute Gasteiger partial charge is 0.252 e. The number of alkyl halides is 2. The summed E-state index contributed by atoms with van der Waals surface area (Å²) < 4.78 is 39.3. The zero-order valence-electron chi connectivity index (χ0n) is 11.5. The van der Waals surface area contributed by atoms with E-state index in [4.69, 9.17) is 17.3 Å². The van der Waals surface area contributed by atoms with Crippen molar-refractivity contribution in [3.05, 3.63) is 40.7 Å². The Morgan fingerprint density at radius 2 is 2.05 bits per heavy atom. The van der Waals surface area contributed by atoms with Gasteiger partial charge >= 0.3 is 0 Å². The summed E-state index contributed by atoms with van der Waals surface area (Å²) in [6, 6.07) is 4.10. The number of nitrogens with two attached hydrogens (primary N) is 1. The van der Waals surface area contributed by atoms with E-state index >= 15 is 0 Å². The van der Waals surface area contributed by atoms with Crippen molar-refractivity contribution in [3.8, 4) is 0 Å². The lowest BCUT2D eigenvalue weighted by molar-refractivity contribution is -0.117. The van der Waals surface area contributed by atoms with Crippen LogP contribution in [0.1, 0.15) is 18.4 Å². The summed E-state index contributed by atoms with van der Waals surface area (Å²) in [5, 5.41) is -0.0387. The maximum atomic E-state index is 13.1. The fourth-order valence-corrected chi connectivity index (χ4v) is 2.92. The molecule has 0 bridgehead atoms. The first-order valence-electron chi connectivity index (χ1n) is 6.69. The molecule has 1 spiro atoms. The Hall–Kier alpha value is -1.82. The normalized spacial score (nSPS) is 22.4. The SMILES string of the molecule is NC(=CC1=NC2(CN=C1)CC(F)(F)C2)c1ccc(F)c(Cl)c1. The standard InChI is InChI=1S/C15H13ClF3N3/c16-11-3-9(1-2-12(11)17)13(20)4-10-5-21-8-14(22-10)6-15(18,19)7-14/h1-5H,6-8,20H2. The molecule has 116 valence electrons. The van der Waals surface area contributed by atoms with Crippen molar-refractivity contribution in [3.63, 3.8) is 0 Å². The minimum Gasteiger partial charge on any atom is -0.398 e. The van der Waals surface area contributed by atoms with Crippen molar-refractivity contribution in [2.24, 2.45) is 15.7 Å². The molecule has 0 saturated heterocycles. The monoisotopic (exact) mass is 327 g/mol. The van der Waals surface area contributed by atoms with E-state index in [0.717, 1.165) is 0 Å². The second kappa shape index (κ2) is 5.12. The lowest BCUT2D eigenvalue weighted by atomic mass is 9.73. The van der Waals surface area contributed by atoms with Crippen LogP contribution in [0.5, 0.6) is 0 Å². The summed E-state index contributed by atoms with van der Waals surface area (Å²) in [5.41, 5.74) is 6.39. The molecule has 22 heavy (non-hydrogen) atoms. The van der Waals surface area contributed by atoms with E-state index < -0.39 is 17.3 Å². The van der Waals surface area contributed by atoms with Crippen LogP contribution in [0.25, 0.3) is 5.70 Å². The van der Waals surface area contributed by atoms with Crippen LogP contribution in [-0.4, -0.2) is 29.9 Å². The Kier molecular flexibility index (Phi) is 3.51. The van der Waals surface area contributed by atoms with Gasteiger partial charge in [-0.3, -0.25) is 9.98 Å². The number of halogens is 4. The molecule has 1 saturated carbocycles. The van der Waals surface area contributed by atoms with Crippen LogP contribution in [0.2, 0.25) is 5.02 Å². The van der Waals surface area contributed by atoms with Gasteiger partial charge in [0.05, 0.1) is 22.8 Å². The predicted molar refractivity (Wildman–Crippen MR) is 81.3 cm³/mol. The lowest BCUT2D eigenvalue weighted by Gasteiger charge is -2.44. The van der Waals surface area contributed by atoms with Gasteiger partial charge in [-0.05, 0) is 29.8 Å². The van der Waals surface area contributed by atoms with Gasteiger partial charge in [-0.1, -0.05) is 11.6 Å². The average Bonchev–Trinajstić information content (AvgIpc) is 2.39. The Bertz CT molecular complexity index is 702. The number of aliphatic imine (C=N–C) groups is 2. The number of nitrogens with zero attached hydrogens (tertiary/aromatic N) is 2. The van der Waals surface area contributed by atoms with Gasteiger partial charge in [-0.2, -0.15) is 0 Å². The lowest BCUT2D eigenvalue weighted by Crippen LogP contribution is -2.54. The third-order valence-corrected chi connectivity index (χ3v) is 4.00. The van der Waals surface area contributed by atoms with Crippen LogP contribution in [0.4, 0.5) is 13.2 Å². The molecule has 0 atom stereocenters. The molecule has 1 heterocycles. The van der Waals surface area contributed by atoms with Gasteiger partial charge in [-0.25, -0.2) is 13.2 Å². The van der Waals surface area contributed by atoms with Crippen molar-refractivity contribution in [2.75, 3.05) is 6.54 Å². The first kappa shape index (κ1) is 15.1. The minimum atomic E-state index is -2.67. The Morgan fingerprint density at radius 1 is 1.32 bits per heavy atom. The number of hydrogen-bond donors (Lipinski definition) is 1. The third-order valence-electron chi connectivity index (χ3n) is 3.71. The Balaban J connectivity index is 1.84. The zero-order valence-corrected chi connectivity index (χ0v) is 12.2. The number of allylic oxidation sites excluding steroid dienone is 1. The largest absolute Gasteiger partial charge is 0.398 e. The second-order valence-corrected chi connectivity index (χ2v) is 6.08. The summed E-state index contributed by atoms with van der Waals surface area (Å²) in [4.78, 5) is 8.45. The Morgan fingerprint density at radius 3 is 2.68 bits per heavy atom. The van der Waals surface area contributed by atoms with Gasteiger partial charge in [0.1, 0.15) is 5.82 Å². The minimum absolute atomic E-state index is 0.0387. The fourth-order valence-electron chi connectivity index (χ4n) is 2.74. The van der Waals surface area contributed by atoms with Crippen LogP contribution in [0.3, 0.4) is 0 Å². The predicted octanol–water partition coefficient (Wildman–Crippen LogP) is 3.47. The highest BCUT2D eigenvalue weighted by molar-refractivity contribution is 6.37. The van der Waals surface area contributed by atoms with Crippen molar-refractivity contribution in [2.45, 2.75) is 24.3 Å². The van der Waals surface area contributed by atoms with E-state index in [1.807, 2.05) is 0 Å². The molecule has 0 unspecified atom stereocenters. The average molecular weight is 328 g/mol. The molecule has 1 aromatic rings. The molecule has 7 heteroatoms. The van der Waals surface area contributed by atoms with Crippen molar-refractivity contribution >= 4 is 29.2 Å². The first-order valence-corrected chi connectivity index (χ1v) is 7.07. The van der Waals surface area contributed by atoms with Crippen LogP contribution < -0.4 is 5.73 Å². The molecule has 1 aliphatic heterocycles. The van der Waals surface area contributed by atoms with Gasteiger partial charge in [0.25, 0.3) is 5.92 Å². The molecule has 0 amide bonds. The molecule has 1 aromatic carbocycles. The molecule has 1 aliphatic carbocycles. The highest BCUT2D eigenvalue weighted by Crippen LogP contribution is 2.49. The van der Waals surface area contributed by atoms with Gasteiger partial charge < -0.3 is 5.73 Å². The topological polar surface area (TPSA) is 50.7 Å². The third kappa shape index (κ3) is 2.88. The van der Waals surface area contributed by atoms with Gasteiger partial charge in [0, 0.05) is 24.8 Å². The molecule has 0 aromatic heterocycles. The summed E-state index contributed by atoms with van der Waals surface area (Å²) in [5.74, 6) is -3.20. The van der Waals surface area contributed by atoms with Crippen LogP contribution in [-0.2, 0) is 0 Å². The Labute approximate surface area is 130 Å². The van der Waals surface area contributed by atoms with Crippen LogP contribution in [0.15, 0.2) is 34.3 Å². The van der Waals surface area contributed by atoms with Crippen molar-refractivity contribution in [1.29, 1.82) is 0 Å². The highest BCUT2D eigenvalue weighted by atomic mass is 35.5. The van der Waals surface area contributed by atoms with E-state index in [2.05, 4.69) is 9.98 Å². The van der Waals surface area contributed by atoms with Gasteiger partial charge in [0.15, 0.2) is 0 Å². The fraction of sp³-hybridized carbons (Fsp3) is 0.333. The van der Waals surface area contributed by atoms with E-state index in [1.54, 1.807) is 0 Å². The molecule has 1 fully saturated rings. The second-order valence-electron chi connectivity index (χ2n) is 5.67. The maximum absolute atomic E-state index is 13.1. The molecule has 2 N–H and O–H groups in total. The van der Waals surface area contributed by atoms with E-state index in [-0.39, 0.29) is 24.4 Å². The molecular formula is C15H13ClF3N3. The number of hydrogen-bond acceptors (Lipinski definition) is 3. The van der Waals surface area contributed by atoms with E-state index in [0.29, 0.717) is 17.0 Å². The van der Waals surface area contributed by atoms with Crippen LogP contribution >= 0.6 is 11.6 Å². The first-order chi connectivity index (χ1) is 10.3. The molecule has 0 radical (unpaired) electrons.